The topological polar surface area (TPSA) is 40.5 Å². The summed E-state index contributed by atoms with van der Waals surface area (Å²) in [5.74, 6) is 0.345. The highest BCUT2D eigenvalue weighted by atomic mass is 16.3. The number of aliphatic hydroxyl groups is 1. The average Bonchev–Trinajstić information content (AvgIpc) is 2.28. The number of phenols is 1. The molecule has 0 radical (unpaired) electrons. The van der Waals surface area contributed by atoms with Crippen LogP contribution in [0.4, 0.5) is 0 Å². The van der Waals surface area contributed by atoms with Crippen LogP contribution in [-0.4, -0.2) is 16.3 Å². The standard InChI is InChI=1S/C16H20O2/c1-9-5-11(3)15(17)13(7-9)14-8-10(2)6-12(4)16(14)18/h5-8,11,15,17-18H,1-4H3. The molecule has 0 spiro atoms. The van der Waals surface area contributed by atoms with Crippen LogP contribution in [0.2, 0.25) is 0 Å². The summed E-state index contributed by atoms with van der Waals surface area (Å²) in [6.07, 6.45) is 3.45. The van der Waals surface area contributed by atoms with Gasteiger partial charge in [0.05, 0.1) is 6.10 Å². The van der Waals surface area contributed by atoms with Gasteiger partial charge in [0.2, 0.25) is 0 Å². The van der Waals surface area contributed by atoms with Gasteiger partial charge in [0.1, 0.15) is 5.75 Å². The van der Waals surface area contributed by atoms with Crippen LogP contribution >= 0.6 is 0 Å². The highest BCUT2D eigenvalue weighted by Crippen LogP contribution is 2.36. The third-order valence-corrected chi connectivity index (χ3v) is 3.48. The summed E-state index contributed by atoms with van der Waals surface area (Å²) < 4.78 is 0. The third-order valence-electron chi connectivity index (χ3n) is 3.48. The van der Waals surface area contributed by atoms with Gasteiger partial charge in [-0.2, -0.15) is 0 Å². The van der Waals surface area contributed by atoms with E-state index in [-0.39, 0.29) is 11.7 Å². The van der Waals surface area contributed by atoms with E-state index in [4.69, 9.17) is 0 Å². The molecule has 1 aliphatic rings. The van der Waals surface area contributed by atoms with E-state index >= 15 is 0 Å². The van der Waals surface area contributed by atoms with Gasteiger partial charge in [0, 0.05) is 11.5 Å². The van der Waals surface area contributed by atoms with Crippen molar-refractivity contribution in [1.29, 1.82) is 0 Å². The minimum atomic E-state index is -0.555. The molecule has 0 saturated carbocycles. The maximum atomic E-state index is 10.3. The molecule has 0 aromatic heterocycles. The number of aromatic hydroxyl groups is 1. The minimum Gasteiger partial charge on any atom is -0.507 e. The number of allylic oxidation sites excluding steroid dienone is 2. The van der Waals surface area contributed by atoms with Gasteiger partial charge in [0.25, 0.3) is 0 Å². The van der Waals surface area contributed by atoms with Gasteiger partial charge in [-0.3, -0.25) is 0 Å². The number of hydrogen-bond acceptors (Lipinski definition) is 2. The van der Waals surface area contributed by atoms with Crippen molar-refractivity contribution in [2.75, 3.05) is 0 Å². The van der Waals surface area contributed by atoms with Gasteiger partial charge >= 0.3 is 0 Å². The Labute approximate surface area is 108 Å². The second kappa shape index (κ2) is 4.62. The SMILES string of the molecule is CC1=CC(C)C(O)C(c2cc(C)cc(C)c2O)=C1. The number of benzene rings is 1. The van der Waals surface area contributed by atoms with Crippen LogP contribution in [0, 0.1) is 19.8 Å². The van der Waals surface area contributed by atoms with E-state index in [9.17, 15) is 10.2 Å². The summed E-state index contributed by atoms with van der Waals surface area (Å²) in [5, 5.41) is 20.5. The lowest BCUT2D eigenvalue weighted by atomic mass is 9.84. The van der Waals surface area contributed by atoms with Crippen LogP contribution < -0.4 is 0 Å². The molecule has 1 aromatic carbocycles. The second-order valence-corrected chi connectivity index (χ2v) is 5.29. The fourth-order valence-corrected chi connectivity index (χ4v) is 2.58. The number of aryl methyl sites for hydroxylation is 2. The van der Waals surface area contributed by atoms with Crippen LogP contribution in [0.1, 0.15) is 30.5 Å². The van der Waals surface area contributed by atoms with Crippen LogP contribution in [0.25, 0.3) is 5.57 Å². The molecule has 2 atom stereocenters. The first kappa shape index (κ1) is 12.9. The summed E-state index contributed by atoms with van der Waals surface area (Å²) in [7, 11) is 0. The zero-order valence-corrected chi connectivity index (χ0v) is 11.4. The fourth-order valence-electron chi connectivity index (χ4n) is 2.58. The lowest BCUT2D eigenvalue weighted by Crippen LogP contribution is -2.21. The lowest BCUT2D eigenvalue weighted by molar-refractivity contribution is 0.192. The molecule has 0 saturated heterocycles. The number of phenolic OH excluding ortho intramolecular Hbond substituents is 1. The fraction of sp³-hybridized carbons (Fsp3) is 0.375. The molecule has 0 fully saturated rings. The van der Waals surface area contributed by atoms with Crippen molar-refractivity contribution in [2.24, 2.45) is 5.92 Å². The van der Waals surface area contributed by atoms with Crippen LogP contribution in [0.3, 0.4) is 0 Å². The van der Waals surface area contributed by atoms with Crippen LogP contribution in [0.15, 0.2) is 29.9 Å². The van der Waals surface area contributed by atoms with E-state index in [0.29, 0.717) is 0 Å². The Kier molecular flexibility index (Phi) is 3.31. The van der Waals surface area contributed by atoms with E-state index in [2.05, 4.69) is 0 Å². The summed E-state index contributed by atoms with van der Waals surface area (Å²) >= 11 is 0. The minimum absolute atomic E-state index is 0.0743. The zero-order valence-electron chi connectivity index (χ0n) is 11.4. The molecule has 0 bridgehead atoms. The van der Waals surface area contributed by atoms with E-state index in [1.807, 2.05) is 52.0 Å². The van der Waals surface area contributed by atoms with Crippen LogP contribution in [-0.2, 0) is 0 Å². The molecule has 2 N–H and O–H groups in total. The summed E-state index contributed by atoms with van der Waals surface area (Å²) in [4.78, 5) is 0. The van der Waals surface area contributed by atoms with Crippen molar-refractivity contribution in [3.05, 3.63) is 46.5 Å². The molecule has 2 heteroatoms. The Balaban J connectivity index is 2.58. The maximum absolute atomic E-state index is 10.3. The van der Waals surface area contributed by atoms with Gasteiger partial charge in [-0.25, -0.2) is 0 Å². The van der Waals surface area contributed by atoms with Gasteiger partial charge in [0.15, 0.2) is 0 Å². The molecule has 1 aromatic rings. The van der Waals surface area contributed by atoms with Crippen molar-refractivity contribution in [1.82, 2.24) is 0 Å². The van der Waals surface area contributed by atoms with Crippen LogP contribution in [0.5, 0.6) is 5.75 Å². The van der Waals surface area contributed by atoms with Gasteiger partial charge < -0.3 is 10.2 Å². The largest absolute Gasteiger partial charge is 0.507 e. The van der Waals surface area contributed by atoms with E-state index in [0.717, 1.165) is 27.8 Å². The highest BCUT2D eigenvalue weighted by molar-refractivity contribution is 5.77. The Morgan fingerprint density at radius 2 is 1.78 bits per heavy atom. The van der Waals surface area contributed by atoms with E-state index in [1.54, 1.807) is 0 Å². The van der Waals surface area contributed by atoms with E-state index in [1.165, 1.54) is 0 Å². The Hall–Kier alpha value is -1.54. The molecule has 18 heavy (non-hydrogen) atoms. The number of hydrogen-bond donors (Lipinski definition) is 2. The molecule has 2 rings (SSSR count). The third kappa shape index (κ3) is 2.21. The Morgan fingerprint density at radius 1 is 1.11 bits per heavy atom. The highest BCUT2D eigenvalue weighted by Gasteiger charge is 2.24. The first-order valence-corrected chi connectivity index (χ1v) is 6.29. The molecule has 2 nitrogen and oxygen atoms in total. The monoisotopic (exact) mass is 244 g/mol. The van der Waals surface area contributed by atoms with Gasteiger partial charge in [-0.15, -0.1) is 0 Å². The molecule has 2 unspecified atom stereocenters. The molecule has 1 aliphatic carbocycles. The second-order valence-electron chi connectivity index (χ2n) is 5.29. The molecule has 96 valence electrons. The first-order chi connectivity index (χ1) is 8.40. The predicted octanol–water partition coefficient (Wildman–Crippen LogP) is 3.35. The van der Waals surface area contributed by atoms with Crippen molar-refractivity contribution >= 4 is 5.57 Å². The molecule has 0 aliphatic heterocycles. The zero-order chi connectivity index (χ0) is 13.4. The smallest absolute Gasteiger partial charge is 0.126 e. The number of rotatable bonds is 1. The lowest BCUT2D eigenvalue weighted by Gasteiger charge is -2.25. The molecule has 0 heterocycles. The van der Waals surface area contributed by atoms with E-state index < -0.39 is 6.10 Å². The van der Waals surface area contributed by atoms with Crippen molar-refractivity contribution in [3.8, 4) is 5.75 Å². The Morgan fingerprint density at radius 3 is 2.44 bits per heavy atom. The predicted molar refractivity (Wildman–Crippen MR) is 74.5 cm³/mol. The average molecular weight is 244 g/mol. The summed E-state index contributed by atoms with van der Waals surface area (Å²) in [6.45, 7) is 7.88. The Bertz CT molecular complexity index is 538. The number of aliphatic hydroxyl groups excluding tert-OH is 1. The first-order valence-electron chi connectivity index (χ1n) is 6.29. The quantitative estimate of drug-likeness (QED) is 0.795. The van der Waals surface area contributed by atoms with Gasteiger partial charge in [-0.1, -0.05) is 30.7 Å². The molecule has 0 amide bonds. The molecular formula is C16H20O2. The normalized spacial score (nSPS) is 23.6. The van der Waals surface area contributed by atoms with Crippen molar-refractivity contribution in [2.45, 2.75) is 33.8 Å². The summed E-state index contributed by atoms with van der Waals surface area (Å²) in [5.41, 5.74) is 4.62. The molecular weight excluding hydrogens is 224 g/mol. The van der Waals surface area contributed by atoms with Crippen molar-refractivity contribution in [3.63, 3.8) is 0 Å². The van der Waals surface area contributed by atoms with Crippen molar-refractivity contribution < 1.29 is 10.2 Å². The van der Waals surface area contributed by atoms with Gasteiger partial charge in [-0.05, 0) is 43.5 Å². The maximum Gasteiger partial charge on any atom is 0.126 e. The summed E-state index contributed by atoms with van der Waals surface area (Å²) in [6, 6.07) is 3.88.